The van der Waals surface area contributed by atoms with E-state index in [-0.39, 0.29) is 0 Å². The van der Waals surface area contributed by atoms with Gasteiger partial charge in [0.25, 0.3) is 5.69 Å². The minimum absolute atomic E-state index is 0.441. The molecule has 3 heterocycles. The molecule has 0 radical (unpaired) electrons. The van der Waals surface area contributed by atoms with E-state index in [4.69, 9.17) is 4.63 Å². The molecule has 0 saturated carbocycles. The molecule has 0 unspecified atom stereocenters. The van der Waals surface area contributed by atoms with Crippen molar-refractivity contribution in [1.29, 1.82) is 0 Å². The molecule has 128 valence electrons. The summed E-state index contributed by atoms with van der Waals surface area (Å²) in [6.45, 7) is 6.31. The molecule has 0 fully saturated rings. The largest absolute Gasteiger partial charge is 0.316 e. The van der Waals surface area contributed by atoms with Crippen molar-refractivity contribution in [1.82, 2.24) is 19.7 Å². The quantitative estimate of drug-likeness (QED) is 0.621. The van der Waals surface area contributed by atoms with Crippen molar-refractivity contribution >= 4 is 11.0 Å². The fraction of sp³-hybridized carbons (Fsp3) is 0.222. The van der Waals surface area contributed by atoms with Crippen molar-refractivity contribution in [2.75, 3.05) is 0 Å². The monoisotopic (exact) mass is 338 g/mol. The number of aromatic amines is 1. The van der Waals surface area contributed by atoms with Gasteiger partial charge in [-0.05, 0) is 34.7 Å². The Kier molecular flexibility index (Phi) is 4.74. The van der Waals surface area contributed by atoms with Crippen LogP contribution < -0.4 is 4.60 Å². The first-order chi connectivity index (χ1) is 12.2. The van der Waals surface area contributed by atoms with E-state index >= 15 is 0 Å². The van der Waals surface area contributed by atoms with Gasteiger partial charge in [0.05, 0.1) is 11.0 Å². The Morgan fingerprint density at radius 1 is 1.16 bits per heavy atom. The molecule has 4 aromatic rings. The Labute approximate surface area is 144 Å². The second-order valence-corrected chi connectivity index (χ2v) is 5.28. The van der Waals surface area contributed by atoms with Crippen LogP contribution in [0, 0.1) is 11.8 Å². The topological polar surface area (TPSA) is 82.6 Å². The van der Waals surface area contributed by atoms with E-state index in [0.29, 0.717) is 28.4 Å². The van der Waals surface area contributed by atoms with Crippen LogP contribution in [0.15, 0.2) is 53.4 Å². The van der Waals surface area contributed by atoms with Gasteiger partial charge in [0.15, 0.2) is 10.4 Å². The van der Waals surface area contributed by atoms with Gasteiger partial charge >= 0.3 is 0 Å². The fourth-order valence-corrected chi connectivity index (χ4v) is 2.63. The summed E-state index contributed by atoms with van der Waals surface area (Å²) in [7, 11) is 0. The van der Waals surface area contributed by atoms with E-state index in [0.717, 1.165) is 16.6 Å². The lowest BCUT2D eigenvalue weighted by Gasteiger charge is -2.06. The van der Waals surface area contributed by atoms with Crippen LogP contribution in [0.2, 0.25) is 0 Å². The highest BCUT2D eigenvalue weighted by atomic mass is 16.7. The van der Waals surface area contributed by atoms with Crippen LogP contribution in [-0.2, 0) is 6.54 Å². The third kappa shape index (κ3) is 3.08. The van der Waals surface area contributed by atoms with Gasteiger partial charge in [-0.3, -0.25) is 4.98 Å². The molecule has 0 atom stereocenters. The maximum Gasteiger partial charge on any atom is 0.257 e. The summed E-state index contributed by atoms with van der Waals surface area (Å²) < 4.78 is 7.33. The molecule has 0 spiro atoms. The van der Waals surface area contributed by atoms with Crippen molar-refractivity contribution in [3.05, 3.63) is 65.0 Å². The zero-order valence-corrected chi connectivity index (χ0v) is 14.4. The van der Waals surface area contributed by atoms with E-state index in [2.05, 4.69) is 19.7 Å². The number of aromatic nitrogens is 5. The van der Waals surface area contributed by atoms with Crippen LogP contribution in [0.1, 0.15) is 25.1 Å². The maximum absolute atomic E-state index is 11.6. The summed E-state index contributed by atoms with van der Waals surface area (Å²) in [5, 5.41) is 2.66. The van der Waals surface area contributed by atoms with E-state index < -0.39 is 0 Å². The lowest BCUT2D eigenvalue weighted by atomic mass is 10.2. The predicted octanol–water partition coefficient (Wildman–Crippen LogP) is 3.32. The molecular formula is C18H20N5O2+. The molecular weight excluding hydrogens is 318 g/mol. The van der Waals surface area contributed by atoms with Crippen LogP contribution in [0.5, 0.6) is 0 Å². The normalized spacial score (nSPS) is 10.5. The first-order valence-corrected chi connectivity index (χ1v) is 8.19. The number of hydrogen-bond donors (Lipinski definition) is 1. The number of H-pyrrole nitrogens is 1. The van der Waals surface area contributed by atoms with Crippen LogP contribution in [0.25, 0.3) is 22.6 Å². The molecule has 0 bridgehead atoms. The Bertz CT molecular complexity index is 1030. The fourth-order valence-electron chi connectivity index (χ4n) is 2.63. The van der Waals surface area contributed by atoms with Gasteiger partial charge in [-0.15, -0.1) is 0 Å². The van der Waals surface area contributed by atoms with E-state index in [1.807, 2.05) is 50.2 Å². The van der Waals surface area contributed by atoms with Gasteiger partial charge in [0, 0.05) is 25.9 Å². The second-order valence-electron chi connectivity index (χ2n) is 5.28. The number of pyridine rings is 1. The number of imidazole rings is 1. The molecule has 1 N–H and O–H groups in total. The predicted molar refractivity (Wildman–Crippen MR) is 94.6 cm³/mol. The number of benzene rings is 1. The minimum Gasteiger partial charge on any atom is -0.316 e. The molecule has 0 aliphatic carbocycles. The smallest absolute Gasteiger partial charge is 0.257 e. The molecule has 7 heteroatoms. The SMILES string of the molecule is CC.Cc1c(-c2nc3ccccc3n2Cc2ccncc2)[nH]o[n+]1=O. The van der Waals surface area contributed by atoms with Gasteiger partial charge in [-0.1, -0.05) is 35.8 Å². The zero-order valence-electron chi connectivity index (χ0n) is 14.4. The third-order valence-corrected chi connectivity index (χ3v) is 3.83. The summed E-state index contributed by atoms with van der Waals surface area (Å²) >= 11 is 0. The average molecular weight is 338 g/mol. The average Bonchev–Trinajstić information content (AvgIpc) is 3.18. The van der Waals surface area contributed by atoms with Crippen molar-refractivity contribution in [3.8, 4) is 11.5 Å². The molecule has 25 heavy (non-hydrogen) atoms. The van der Waals surface area contributed by atoms with Crippen molar-refractivity contribution in [3.63, 3.8) is 0 Å². The van der Waals surface area contributed by atoms with Gasteiger partial charge < -0.3 is 4.57 Å². The Morgan fingerprint density at radius 3 is 2.56 bits per heavy atom. The lowest BCUT2D eigenvalue weighted by Crippen LogP contribution is -2.13. The highest BCUT2D eigenvalue weighted by Gasteiger charge is 2.24. The Morgan fingerprint density at radius 2 is 1.88 bits per heavy atom. The van der Waals surface area contributed by atoms with Crippen LogP contribution in [0.3, 0.4) is 0 Å². The summed E-state index contributed by atoms with van der Waals surface area (Å²) in [6, 6.07) is 11.8. The van der Waals surface area contributed by atoms with Crippen molar-refractivity contribution in [2.24, 2.45) is 0 Å². The van der Waals surface area contributed by atoms with Gasteiger partial charge in [0.2, 0.25) is 5.69 Å². The number of rotatable bonds is 3. The molecule has 0 aliphatic rings. The summed E-state index contributed by atoms with van der Waals surface area (Å²) in [6.07, 6.45) is 3.52. The van der Waals surface area contributed by atoms with Gasteiger partial charge in [-0.2, -0.15) is 0 Å². The summed E-state index contributed by atoms with van der Waals surface area (Å²) in [5.74, 6) is 0.666. The summed E-state index contributed by atoms with van der Waals surface area (Å²) in [4.78, 5) is 20.3. The molecule has 0 amide bonds. The Balaban J connectivity index is 0.000000880. The number of nitrogens with one attached hydrogen (secondary N) is 1. The van der Waals surface area contributed by atoms with Crippen LogP contribution in [0.4, 0.5) is 0 Å². The van der Waals surface area contributed by atoms with E-state index in [1.54, 1.807) is 19.3 Å². The van der Waals surface area contributed by atoms with Crippen molar-refractivity contribution in [2.45, 2.75) is 27.3 Å². The van der Waals surface area contributed by atoms with E-state index in [1.165, 1.54) is 0 Å². The molecule has 7 nitrogen and oxygen atoms in total. The molecule has 0 saturated heterocycles. The number of nitrogens with zero attached hydrogens (tertiary/aromatic N) is 4. The number of hydrogen-bond acceptors (Lipinski definition) is 4. The zero-order chi connectivity index (χ0) is 17.8. The highest BCUT2D eigenvalue weighted by molar-refractivity contribution is 5.80. The van der Waals surface area contributed by atoms with Crippen LogP contribution >= 0.6 is 0 Å². The van der Waals surface area contributed by atoms with Crippen molar-refractivity contribution < 1.29 is 9.23 Å². The number of para-hydroxylation sites is 2. The van der Waals surface area contributed by atoms with Gasteiger partial charge in [-0.25, -0.2) is 4.98 Å². The third-order valence-electron chi connectivity index (χ3n) is 3.83. The van der Waals surface area contributed by atoms with E-state index in [9.17, 15) is 4.91 Å². The molecule has 4 rings (SSSR count). The minimum atomic E-state index is 0.441. The second kappa shape index (κ2) is 7.12. The maximum atomic E-state index is 11.6. The standard InChI is InChI=1S/C16H14N5O2.C2H6/c1-11-15(19-23-21(11)22)16-18-13-4-2-3-5-14(13)20(16)10-12-6-8-17-9-7-12;1-2/h2-9,19H,10H2,1H3;1-2H3/q+1;. The first kappa shape index (κ1) is 16.6. The van der Waals surface area contributed by atoms with Crippen LogP contribution in [-0.4, -0.2) is 19.7 Å². The molecule has 3 aromatic heterocycles. The highest BCUT2D eigenvalue weighted by Crippen LogP contribution is 2.25. The molecule has 1 aromatic carbocycles. The van der Waals surface area contributed by atoms with Gasteiger partial charge in [0.1, 0.15) is 0 Å². The lowest BCUT2D eigenvalue weighted by molar-refractivity contribution is -0.718. The first-order valence-electron chi connectivity index (χ1n) is 8.19. The molecule has 0 aliphatic heterocycles. The number of fused-ring (bicyclic) bond motifs is 1. The summed E-state index contributed by atoms with van der Waals surface area (Å²) in [5.41, 5.74) is 3.97. The Hall–Kier alpha value is -3.22.